The summed E-state index contributed by atoms with van der Waals surface area (Å²) in [7, 11) is 0. The molecule has 0 spiro atoms. The fourth-order valence-electron chi connectivity index (χ4n) is 2.10. The number of aromatic nitrogens is 5. The Kier molecular flexibility index (Phi) is 5.01. The first-order chi connectivity index (χ1) is 12.9. The molecule has 13 heteroatoms. The van der Waals surface area contributed by atoms with Crippen molar-refractivity contribution in [1.29, 1.82) is 0 Å². The van der Waals surface area contributed by atoms with E-state index in [-0.39, 0.29) is 23.8 Å². The molecule has 3 aromatic rings. The van der Waals surface area contributed by atoms with E-state index in [2.05, 4.69) is 25.2 Å². The number of rotatable bonds is 7. The number of alkyl halides is 2. The van der Waals surface area contributed by atoms with Crippen LogP contribution in [0.4, 0.5) is 20.4 Å². The van der Waals surface area contributed by atoms with Gasteiger partial charge in [0.2, 0.25) is 6.33 Å². The Labute approximate surface area is 149 Å². The molecule has 27 heavy (non-hydrogen) atoms. The molecule has 2 heterocycles. The van der Waals surface area contributed by atoms with Crippen molar-refractivity contribution >= 4 is 17.5 Å². The van der Waals surface area contributed by atoms with Gasteiger partial charge < -0.3 is 20.2 Å². The summed E-state index contributed by atoms with van der Waals surface area (Å²) in [6, 6.07) is 7.11. The minimum absolute atomic E-state index is 0.00327. The van der Waals surface area contributed by atoms with Crippen molar-refractivity contribution in [2.75, 3.05) is 5.32 Å². The van der Waals surface area contributed by atoms with Crippen LogP contribution in [0.15, 0.2) is 42.9 Å². The van der Waals surface area contributed by atoms with Gasteiger partial charge in [0.1, 0.15) is 5.75 Å². The van der Waals surface area contributed by atoms with Crippen molar-refractivity contribution in [3.05, 3.63) is 58.7 Å². The first-order valence-electron chi connectivity index (χ1n) is 7.35. The molecule has 0 saturated heterocycles. The highest BCUT2D eigenvalue weighted by Gasteiger charge is 2.16. The zero-order valence-corrected chi connectivity index (χ0v) is 13.4. The van der Waals surface area contributed by atoms with Crippen LogP contribution < -0.4 is 10.1 Å². The summed E-state index contributed by atoms with van der Waals surface area (Å²) in [5.41, 5.74) is 0.0562. The van der Waals surface area contributed by atoms with Gasteiger partial charge in [0, 0.05) is 11.3 Å². The Bertz CT molecular complexity index is 972. The average Bonchev–Trinajstić information content (AvgIpc) is 3.26. The number of ether oxygens (including phenoxy) is 1. The number of nitro groups is 1. The Morgan fingerprint density at radius 3 is 2.74 bits per heavy atom. The third-order valence-electron chi connectivity index (χ3n) is 3.20. The summed E-state index contributed by atoms with van der Waals surface area (Å²) in [4.78, 5) is 25.6. The van der Waals surface area contributed by atoms with Crippen LogP contribution >= 0.6 is 0 Å². The fourth-order valence-corrected chi connectivity index (χ4v) is 2.10. The van der Waals surface area contributed by atoms with Crippen LogP contribution in [-0.4, -0.2) is 42.0 Å². The van der Waals surface area contributed by atoms with E-state index in [0.717, 1.165) is 6.33 Å². The first kappa shape index (κ1) is 17.9. The lowest BCUT2D eigenvalue weighted by Gasteiger charge is -2.10. The van der Waals surface area contributed by atoms with Gasteiger partial charge in [-0.05, 0) is 23.1 Å². The molecular weight excluding hydrogens is 368 g/mol. The van der Waals surface area contributed by atoms with Gasteiger partial charge in [-0.1, -0.05) is 17.1 Å². The molecule has 2 aromatic heterocycles. The maximum Gasteiger partial charge on any atom is 0.491 e. The molecule has 140 valence electrons. The summed E-state index contributed by atoms with van der Waals surface area (Å²) < 4.78 is 31.6. The van der Waals surface area contributed by atoms with E-state index in [1.165, 1.54) is 39.8 Å². The van der Waals surface area contributed by atoms with Crippen molar-refractivity contribution in [2.45, 2.75) is 13.3 Å². The Hall–Kier alpha value is -3.90. The van der Waals surface area contributed by atoms with Crippen LogP contribution in [0.25, 0.3) is 0 Å². The van der Waals surface area contributed by atoms with Gasteiger partial charge in [-0.15, -0.1) is 0 Å². The minimum Gasteiger partial charge on any atom is -0.433 e. The molecule has 3 rings (SSSR count). The Balaban J connectivity index is 1.69. The number of amides is 1. The number of benzene rings is 1. The summed E-state index contributed by atoms with van der Waals surface area (Å²) in [6.07, 6.45) is 2.60. The van der Waals surface area contributed by atoms with E-state index in [9.17, 15) is 23.7 Å². The van der Waals surface area contributed by atoms with Crippen LogP contribution in [0, 0.1) is 10.1 Å². The van der Waals surface area contributed by atoms with Crippen LogP contribution in [0.5, 0.6) is 5.75 Å². The van der Waals surface area contributed by atoms with E-state index in [1.807, 2.05) is 0 Å². The standard InChI is InChI=1S/C14H11F2N7O4/c15-13(16)27-11-4-2-1-3-9(11)18-12(24)10-5-6-21(19-10)8-22-7-17-14(20-22)23(25)26/h1-7,13H,8H2,(H,18,24). The van der Waals surface area contributed by atoms with Crippen molar-refractivity contribution in [3.8, 4) is 5.75 Å². The van der Waals surface area contributed by atoms with Gasteiger partial charge >= 0.3 is 12.6 Å². The molecule has 0 saturated carbocycles. The maximum absolute atomic E-state index is 12.4. The van der Waals surface area contributed by atoms with Gasteiger partial charge in [0.25, 0.3) is 5.91 Å². The van der Waals surface area contributed by atoms with E-state index in [0.29, 0.717) is 0 Å². The molecule has 0 aliphatic carbocycles. The summed E-state index contributed by atoms with van der Waals surface area (Å²) in [5, 5.41) is 20.6. The lowest BCUT2D eigenvalue weighted by Crippen LogP contribution is -2.16. The molecule has 0 aliphatic heterocycles. The number of hydrogen-bond acceptors (Lipinski definition) is 7. The minimum atomic E-state index is -3.03. The third kappa shape index (κ3) is 4.39. The van der Waals surface area contributed by atoms with E-state index >= 15 is 0 Å². The molecule has 0 bridgehead atoms. The fraction of sp³-hybridized carbons (Fsp3) is 0.143. The molecule has 11 nitrogen and oxygen atoms in total. The van der Waals surface area contributed by atoms with Crippen molar-refractivity contribution < 1.29 is 23.2 Å². The van der Waals surface area contributed by atoms with Crippen molar-refractivity contribution in [2.24, 2.45) is 0 Å². The van der Waals surface area contributed by atoms with Crippen LogP contribution in [-0.2, 0) is 6.67 Å². The number of carbonyl (C=O) groups is 1. The number of halogens is 2. The largest absolute Gasteiger partial charge is 0.491 e. The van der Waals surface area contributed by atoms with Gasteiger partial charge in [-0.2, -0.15) is 18.6 Å². The van der Waals surface area contributed by atoms with Gasteiger partial charge in [-0.3, -0.25) is 4.79 Å². The third-order valence-corrected chi connectivity index (χ3v) is 3.20. The van der Waals surface area contributed by atoms with Crippen LogP contribution in [0.3, 0.4) is 0 Å². The normalized spacial score (nSPS) is 10.8. The van der Waals surface area contributed by atoms with Gasteiger partial charge in [-0.25, -0.2) is 4.68 Å². The average molecular weight is 379 g/mol. The topological polar surface area (TPSA) is 130 Å². The van der Waals surface area contributed by atoms with E-state index in [1.54, 1.807) is 6.07 Å². The smallest absolute Gasteiger partial charge is 0.433 e. The van der Waals surface area contributed by atoms with Crippen LogP contribution in [0.2, 0.25) is 0 Å². The van der Waals surface area contributed by atoms with Crippen LogP contribution in [0.1, 0.15) is 10.5 Å². The second-order valence-corrected chi connectivity index (χ2v) is 5.05. The van der Waals surface area contributed by atoms with E-state index in [4.69, 9.17) is 0 Å². The number of nitrogens with zero attached hydrogens (tertiary/aromatic N) is 6. The first-order valence-corrected chi connectivity index (χ1v) is 7.35. The summed E-state index contributed by atoms with van der Waals surface area (Å²) in [6.45, 7) is -3.05. The zero-order valence-electron chi connectivity index (χ0n) is 13.4. The predicted octanol–water partition coefficient (Wildman–Crippen LogP) is 1.74. The highest BCUT2D eigenvalue weighted by molar-refractivity contribution is 6.03. The molecule has 0 fully saturated rings. The number of nitrogens with one attached hydrogen (secondary N) is 1. The second-order valence-electron chi connectivity index (χ2n) is 5.05. The summed E-state index contributed by atoms with van der Waals surface area (Å²) >= 11 is 0. The zero-order chi connectivity index (χ0) is 19.4. The Morgan fingerprint density at radius 1 is 1.26 bits per heavy atom. The maximum atomic E-state index is 12.4. The quantitative estimate of drug-likeness (QED) is 0.489. The second kappa shape index (κ2) is 7.55. The number of para-hydroxylation sites is 2. The van der Waals surface area contributed by atoms with Crippen molar-refractivity contribution in [3.63, 3.8) is 0 Å². The molecule has 0 radical (unpaired) electrons. The molecule has 1 N–H and O–H groups in total. The number of hydrogen-bond donors (Lipinski definition) is 1. The number of anilines is 1. The lowest BCUT2D eigenvalue weighted by molar-refractivity contribution is -0.394. The molecule has 1 amide bonds. The molecule has 0 aliphatic rings. The van der Waals surface area contributed by atoms with E-state index < -0.39 is 23.4 Å². The molecule has 1 aromatic carbocycles. The Morgan fingerprint density at radius 2 is 2.04 bits per heavy atom. The summed E-state index contributed by atoms with van der Waals surface area (Å²) in [5.74, 6) is -1.39. The number of carbonyl (C=O) groups excluding carboxylic acids is 1. The lowest BCUT2D eigenvalue weighted by atomic mass is 10.3. The van der Waals surface area contributed by atoms with Gasteiger partial charge in [0.15, 0.2) is 12.4 Å². The molecule has 0 atom stereocenters. The monoisotopic (exact) mass is 379 g/mol. The molecule has 0 unspecified atom stereocenters. The highest BCUT2D eigenvalue weighted by Crippen LogP contribution is 2.25. The van der Waals surface area contributed by atoms with Crippen molar-refractivity contribution in [1.82, 2.24) is 24.5 Å². The van der Waals surface area contributed by atoms with Gasteiger partial charge in [0.05, 0.1) is 5.69 Å². The molecular formula is C14H11F2N7O4. The highest BCUT2D eigenvalue weighted by atomic mass is 19.3. The predicted molar refractivity (Wildman–Crippen MR) is 85.3 cm³/mol. The SMILES string of the molecule is O=C(Nc1ccccc1OC(F)F)c1ccn(Cn2cnc([N+](=O)[O-])n2)n1.